The molecule has 0 aromatic carbocycles. The van der Waals surface area contributed by atoms with E-state index in [1.807, 2.05) is 19.1 Å². The maximum atomic E-state index is 6.01. The van der Waals surface area contributed by atoms with Crippen molar-refractivity contribution < 1.29 is 0 Å². The molecule has 0 amide bonds. The smallest absolute Gasteiger partial charge is 0.151 e. The Balaban J connectivity index is 2.52. The van der Waals surface area contributed by atoms with Gasteiger partial charge in [-0.25, -0.2) is 10.4 Å². The maximum Gasteiger partial charge on any atom is 0.151 e. The molecule has 4 nitrogen and oxygen atoms in total. The number of hydrazine groups is 1. The minimum Gasteiger partial charge on any atom is -0.343 e. The zero-order valence-electron chi connectivity index (χ0n) is 9.60. The number of nitrogens with zero attached hydrogens (tertiary/aromatic N) is 2. The van der Waals surface area contributed by atoms with Crippen LogP contribution in [-0.2, 0) is 13.0 Å². The van der Waals surface area contributed by atoms with E-state index in [0.717, 1.165) is 24.4 Å². The number of aromatic amines is 1. The number of aromatic nitrogens is 2. The number of halogens is 1. The lowest BCUT2D eigenvalue weighted by atomic mass is 10.2. The summed E-state index contributed by atoms with van der Waals surface area (Å²) < 4.78 is 0. The molecule has 0 spiro atoms. The molecule has 5 heteroatoms. The van der Waals surface area contributed by atoms with Crippen molar-refractivity contribution >= 4 is 11.6 Å². The first-order valence-electron chi connectivity index (χ1n) is 5.27. The second-order valence-corrected chi connectivity index (χ2v) is 4.14. The van der Waals surface area contributed by atoms with Crippen LogP contribution in [0.5, 0.6) is 0 Å². The number of unbranched alkanes of at least 4 members (excludes halogenated alkanes) is 1. The molecule has 15 heavy (non-hydrogen) atoms. The number of nitrogens with one attached hydrogen (secondary N) is 2. The molecule has 0 saturated heterocycles. The fourth-order valence-electron chi connectivity index (χ4n) is 1.26. The van der Waals surface area contributed by atoms with Crippen LogP contribution in [0.15, 0.2) is 0 Å². The predicted molar refractivity (Wildman–Crippen MR) is 62.7 cm³/mol. The molecule has 0 fully saturated rings. The van der Waals surface area contributed by atoms with E-state index >= 15 is 0 Å². The van der Waals surface area contributed by atoms with E-state index in [0.29, 0.717) is 11.7 Å². The first kappa shape index (κ1) is 12.5. The second-order valence-electron chi connectivity index (χ2n) is 3.79. The van der Waals surface area contributed by atoms with Crippen molar-refractivity contribution in [1.82, 2.24) is 20.4 Å². The van der Waals surface area contributed by atoms with Crippen molar-refractivity contribution in [3.63, 3.8) is 0 Å². The van der Waals surface area contributed by atoms with E-state index < -0.39 is 0 Å². The fraction of sp³-hybridized carbons (Fsp3) is 0.700. The van der Waals surface area contributed by atoms with Crippen LogP contribution in [0.3, 0.4) is 0 Å². The second kappa shape index (κ2) is 6.10. The third kappa shape index (κ3) is 4.20. The summed E-state index contributed by atoms with van der Waals surface area (Å²) in [6.07, 6.45) is 3.28. The lowest BCUT2D eigenvalue weighted by Gasteiger charge is -2.10. The van der Waals surface area contributed by atoms with Crippen molar-refractivity contribution in [2.24, 2.45) is 0 Å². The van der Waals surface area contributed by atoms with Crippen LogP contribution >= 0.6 is 11.6 Å². The number of rotatable bonds is 6. The lowest BCUT2D eigenvalue weighted by molar-refractivity contribution is 0.284. The van der Waals surface area contributed by atoms with Gasteiger partial charge in [0.05, 0.1) is 12.2 Å². The van der Waals surface area contributed by atoms with Gasteiger partial charge in [0.2, 0.25) is 0 Å². The van der Waals surface area contributed by atoms with Crippen LogP contribution in [0.2, 0.25) is 5.15 Å². The van der Waals surface area contributed by atoms with Crippen LogP contribution < -0.4 is 5.43 Å². The summed E-state index contributed by atoms with van der Waals surface area (Å²) in [5.74, 6) is 0.984. The Kier molecular flexibility index (Phi) is 5.08. The summed E-state index contributed by atoms with van der Waals surface area (Å²) in [7, 11) is 3.89. The third-order valence-electron chi connectivity index (χ3n) is 2.12. The quantitative estimate of drug-likeness (QED) is 0.735. The molecule has 1 aromatic rings. The average Bonchev–Trinajstić information content (AvgIpc) is 2.53. The zero-order chi connectivity index (χ0) is 11.3. The van der Waals surface area contributed by atoms with Crippen LogP contribution in [0.1, 0.15) is 31.3 Å². The normalized spacial score (nSPS) is 11.3. The van der Waals surface area contributed by atoms with Gasteiger partial charge < -0.3 is 4.98 Å². The maximum absolute atomic E-state index is 6.01. The van der Waals surface area contributed by atoms with E-state index in [1.54, 1.807) is 0 Å². The Labute approximate surface area is 96.0 Å². The van der Waals surface area contributed by atoms with Crippen LogP contribution in [0, 0.1) is 0 Å². The molecule has 1 aromatic heterocycles. The van der Waals surface area contributed by atoms with E-state index in [2.05, 4.69) is 22.3 Å². The van der Waals surface area contributed by atoms with E-state index in [1.165, 1.54) is 6.42 Å². The minimum atomic E-state index is 0.579. The van der Waals surface area contributed by atoms with Crippen molar-refractivity contribution in [3.8, 4) is 0 Å². The summed E-state index contributed by atoms with van der Waals surface area (Å²) in [6.45, 7) is 2.85. The molecular formula is C10H19ClN4. The van der Waals surface area contributed by atoms with Gasteiger partial charge in [-0.2, -0.15) is 0 Å². The SMILES string of the molecule is CCCCc1nc(Cl)c(CNN(C)C)[nH]1. The molecule has 0 unspecified atom stereocenters. The lowest BCUT2D eigenvalue weighted by Crippen LogP contribution is -2.29. The van der Waals surface area contributed by atoms with Gasteiger partial charge in [-0.1, -0.05) is 24.9 Å². The van der Waals surface area contributed by atoms with Gasteiger partial charge >= 0.3 is 0 Å². The van der Waals surface area contributed by atoms with Crippen molar-refractivity contribution in [3.05, 3.63) is 16.7 Å². The molecular weight excluding hydrogens is 212 g/mol. The Morgan fingerprint density at radius 3 is 2.80 bits per heavy atom. The Morgan fingerprint density at radius 1 is 1.47 bits per heavy atom. The zero-order valence-corrected chi connectivity index (χ0v) is 10.4. The molecule has 1 heterocycles. The molecule has 0 saturated carbocycles. The molecule has 0 bridgehead atoms. The van der Waals surface area contributed by atoms with Gasteiger partial charge in [-0.15, -0.1) is 0 Å². The molecule has 0 atom stereocenters. The molecule has 1 rings (SSSR count). The molecule has 0 radical (unpaired) electrons. The highest BCUT2D eigenvalue weighted by Crippen LogP contribution is 2.13. The Hall–Kier alpha value is -0.580. The number of imidazole rings is 1. The minimum absolute atomic E-state index is 0.579. The fourth-order valence-corrected chi connectivity index (χ4v) is 1.47. The number of hydrogen-bond acceptors (Lipinski definition) is 3. The Morgan fingerprint density at radius 2 is 2.20 bits per heavy atom. The highest BCUT2D eigenvalue weighted by atomic mass is 35.5. The van der Waals surface area contributed by atoms with Gasteiger partial charge in [-0.05, 0) is 6.42 Å². The van der Waals surface area contributed by atoms with E-state index in [4.69, 9.17) is 11.6 Å². The molecule has 0 aliphatic rings. The van der Waals surface area contributed by atoms with Crippen molar-refractivity contribution in [1.29, 1.82) is 0 Å². The van der Waals surface area contributed by atoms with Gasteiger partial charge in [0.25, 0.3) is 0 Å². The first-order valence-corrected chi connectivity index (χ1v) is 5.65. The van der Waals surface area contributed by atoms with Gasteiger partial charge in [-0.3, -0.25) is 5.01 Å². The monoisotopic (exact) mass is 230 g/mol. The van der Waals surface area contributed by atoms with Crippen LogP contribution in [0.4, 0.5) is 0 Å². The third-order valence-corrected chi connectivity index (χ3v) is 2.43. The van der Waals surface area contributed by atoms with Crippen LogP contribution in [-0.4, -0.2) is 29.1 Å². The summed E-state index contributed by atoms with van der Waals surface area (Å²) in [5.41, 5.74) is 4.10. The molecule has 0 aliphatic carbocycles. The number of hydrogen-bond donors (Lipinski definition) is 2. The molecule has 86 valence electrons. The number of H-pyrrole nitrogens is 1. The van der Waals surface area contributed by atoms with E-state index in [-0.39, 0.29) is 0 Å². The number of aryl methyl sites for hydroxylation is 1. The molecule has 0 aliphatic heterocycles. The summed E-state index contributed by atoms with van der Waals surface area (Å²) in [5, 5.41) is 2.47. The van der Waals surface area contributed by atoms with Crippen molar-refractivity contribution in [2.75, 3.05) is 14.1 Å². The molecule has 2 N–H and O–H groups in total. The van der Waals surface area contributed by atoms with Crippen molar-refractivity contribution in [2.45, 2.75) is 32.7 Å². The largest absolute Gasteiger partial charge is 0.343 e. The summed E-state index contributed by atoms with van der Waals surface area (Å²) in [6, 6.07) is 0. The van der Waals surface area contributed by atoms with Gasteiger partial charge in [0, 0.05) is 20.5 Å². The Bertz CT molecular complexity index is 296. The van der Waals surface area contributed by atoms with Gasteiger partial charge in [0.15, 0.2) is 5.15 Å². The summed E-state index contributed by atoms with van der Waals surface area (Å²) >= 11 is 6.01. The average molecular weight is 231 g/mol. The summed E-state index contributed by atoms with van der Waals surface area (Å²) in [4.78, 5) is 7.52. The first-order chi connectivity index (χ1) is 7.13. The van der Waals surface area contributed by atoms with E-state index in [9.17, 15) is 0 Å². The topological polar surface area (TPSA) is 44.0 Å². The predicted octanol–water partition coefficient (Wildman–Crippen LogP) is 1.97. The highest BCUT2D eigenvalue weighted by molar-refractivity contribution is 6.30. The van der Waals surface area contributed by atoms with Crippen LogP contribution in [0.25, 0.3) is 0 Å². The van der Waals surface area contributed by atoms with Gasteiger partial charge in [0.1, 0.15) is 5.82 Å². The standard InChI is InChI=1S/C10H19ClN4/c1-4-5-6-9-13-8(10(11)14-9)7-12-15(2)3/h12H,4-7H2,1-3H3,(H,13,14). The highest BCUT2D eigenvalue weighted by Gasteiger charge is 2.07.